The van der Waals surface area contributed by atoms with Crippen LogP contribution in [0.4, 0.5) is 0 Å². The summed E-state index contributed by atoms with van der Waals surface area (Å²) >= 11 is 0. The topological polar surface area (TPSA) is 55.1 Å². The minimum absolute atomic E-state index is 0.0562. The van der Waals surface area contributed by atoms with E-state index >= 15 is 0 Å². The van der Waals surface area contributed by atoms with Gasteiger partial charge in [0.25, 0.3) is 0 Å². The predicted molar refractivity (Wildman–Crippen MR) is 51.1 cm³/mol. The van der Waals surface area contributed by atoms with Crippen LogP contribution in [0, 0.1) is 5.92 Å². The number of hydrogen-bond donors (Lipinski definition) is 2. The molecule has 2 aliphatic carbocycles. The van der Waals surface area contributed by atoms with E-state index in [1.165, 1.54) is 12.8 Å². The molecule has 0 spiro atoms. The van der Waals surface area contributed by atoms with E-state index in [1.54, 1.807) is 0 Å². The first-order chi connectivity index (χ1) is 6.10. The monoisotopic (exact) mass is 182 g/mol. The van der Waals surface area contributed by atoms with Gasteiger partial charge in [-0.2, -0.15) is 0 Å². The SMILES string of the molecule is CC(CC1CC1)NC(=O)C1(N)CC1. The van der Waals surface area contributed by atoms with Gasteiger partial charge in [-0.1, -0.05) is 12.8 Å². The van der Waals surface area contributed by atoms with E-state index in [9.17, 15) is 4.79 Å². The third-order valence-corrected chi connectivity index (χ3v) is 3.00. The number of carbonyl (C=O) groups is 1. The van der Waals surface area contributed by atoms with Crippen molar-refractivity contribution in [2.24, 2.45) is 11.7 Å². The zero-order valence-corrected chi connectivity index (χ0v) is 8.18. The van der Waals surface area contributed by atoms with E-state index in [2.05, 4.69) is 12.2 Å². The number of carbonyl (C=O) groups excluding carboxylic acids is 1. The summed E-state index contributed by atoms with van der Waals surface area (Å²) in [4.78, 5) is 11.5. The molecule has 0 radical (unpaired) electrons. The Kier molecular flexibility index (Phi) is 2.06. The molecular formula is C10H18N2O. The predicted octanol–water partition coefficient (Wildman–Crippen LogP) is 0.782. The molecule has 2 rings (SSSR count). The Balaban J connectivity index is 1.72. The molecule has 0 aliphatic heterocycles. The third-order valence-electron chi connectivity index (χ3n) is 3.00. The molecule has 0 saturated heterocycles. The number of nitrogens with one attached hydrogen (secondary N) is 1. The molecule has 0 aromatic carbocycles. The van der Waals surface area contributed by atoms with Crippen LogP contribution < -0.4 is 11.1 Å². The molecule has 1 unspecified atom stereocenters. The molecule has 74 valence electrons. The lowest BCUT2D eigenvalue weighted by Crippen LogP contribution is -2.46. The van der Waals surface area contributed by atoms with Crippen LogP contribution >= 0.6 is 0 Å². The summed E-state index contributed by atoms with van der Waals surface area (Å²) < 4.78 is 0. The molecule has 3 heteroatoms. The number of hydrogen-bond acceptors (Lipinski definition) is 2. The minimum Gasteiger partial charge on any atom is -0.352 e. The van der Waals surface area contributed by atoms with Crippen LogP contribution in [-0.2, 0) is 4.79 Å². The molecule has 3 N–H and O–H groups in total. The maximum Gasteiger partial charge on any atom is 0.240 e. The van der Waals surface area contributed by atoms with Crippen molar-refractivity contribution < 1.29 is 4.79 Å². The van der Waals surface area contributed by atoms with Gasteiger partial charge < -0.3 is 11.1 Å². The molecule has 0 heterocycles. The zero-order chi connectivity index (χ0) is 9.47. The van der Waals surface area contributed by atoms with Crippen LogP contribution in [-0.4, -0.2) is 17.5 Å². The van der Waals surface area contributed by atoms with Crippen molar-refractivity contribution in [3.05, 3.63) is 0 Å². The zero-order valence-electron chi connectivity index (χ0n) is 8.18. The van der Waals surface area contributed by atoms with Gasteiger partial charge in [0.15, 0.2) is 0 Å². The van der Waals surface area contributed by atoms with Gasteiger partial charge >= 0.3 is 0 Å². The highest BCUT2D eigenvalue weighted by molar-refractivity contribution is 5.89. The minimum atomic E-state index is -0.502. The summed E-state index contributed by atoms with van der Waals surface area (Å²) in [6.45, 7) is 2.07. The lowest BCUT2D eigenvalue weighted by atomic mass is 10.1. The van der Waals surface area contributed by atoms with Crippen molar-refractivity contribution in [3.8, 4) is 0 Å². The van der Waals surface area contributed by atoms with Crippen LogP contribution in [0.25, 0.3) is 0 Å². The van der Waals surface area contributed by atoms with Gasteiger partial charge in [-0.3, -0.25) is 4.79 Å². The van der Waals surface area contributed by atoms with Gasteiger partial charge in [0, 0.05) is 6.04 Å². The average Bonchev–Trinajstić information content (AvgIpc) is 2.88. The standard InChI is InChI=1S/C10H18N2O/c1-7(6-8-2-3-8)12-9(13)10(11)4-5-10/h7-8H,2-6,11H2,1H3,(H,12,13). The van der Waals surface area contributed by atoms with Crippen molar-refractivity contribution in [2.45, 2.75) is 50.6 Å². The maximum atomic E-state index is 11.5. The van der Waals surface area contributed by atoms with Gasteiger partial charge in [0.2, 0.25) is 5.91 Å². The Morgan fingerprint density at radius 3 is 2.69 bits per heavy atom. The third kappa shape index (κ3) is 2.21. The van der Waals surface area contributed by atoms with Crippen LogP contribution in [0.15, 0.2) is 0 Å². The normalized spacial score (nSPS) is 26.6. The average molecular weight is 182 g/mol. The van der Waals surface area contributed by atoms with Gasteiger partial charge in [-0.05, 0) is 32.1 Å². The molecule has 0 aromatic rings. The maximum absolute atomic E-state index is 11.5. The second-order valence-corrected chi connectivity index (χ2v) is 4.71. The summed E-state index contributed by atoms with van der Waals surface area (Å²) in [6.07, 6.45) is 5.52. The molecule has 1 amide bonds. The first-order valence-electron chi connectivity index (χ1n) is 5.20. The largest absolute Gasteiger partial charge is 0.352 e. The first kappa shape index (κ1) is 9.00. The summed E-state index contributed by atoms with van der Waals surface area (Å²) in [6, 6.07) is 0.307. The fourth-order valence-corrected chi connectivity index (χ4v) is 1.64. The van der Waals surface area contributed by atoms with Crippen molar-refractivity contribution in [1.29, 1.82) is 0 Å². The van der Waals surface area contributed by atoms with E-state index in [1.807, 2.05) is 0 Å². The Bertz CT molecular complexity index is 219. The Morgan fingerprint density at radius 1 is 1.62 bits per heavy atom. The lowest BCUT2D eigenvalue weighted by Gasteiger charge is -2.16. The van der Waals surface area contributed by atoms with E-state index in [4.69, 9.17) is 5.73 Å². The fourth-order valence-electron chi connectivity index (χ4n) is 1.64. The molecular weight excluding hydrogens is 164 g/mol. The summed E-state index contributed by atoms with van der Waals surface area (Å²) in [5.74, 6) is 0.920. The van der Waals surface area contributed by atoms with E-state index in [0.717, 1.165) is 25.2 Å². The second-order valence-electron chi connectivity index (χ2n) is 4.71. The molecule has 0 aromatic heterocycles. The molecule has 2 fully saturated rings. The molecule has 1 atom stereocenters. The van der Waals surface area contributed by atoms with E-state index in [-0.39, 0.29) is 5.91 Å². The van der Waals surface area contributed by atoms with Gasteiger partial charge in [-0.25, -0.2) is 0 Å². The summed E-state index contributed by atoms with van der Waals surface area (Å²) in [7, 11) is 0. The molecule has 13 heavy (non-hydrogen) atoms. The highest BCUT2D eigenvalue weighted by atomic mass is 16.2. The first-order valence-corrected chi connectivity index (χ1v) is 5.20. The quantitative estimate of drug-likeness (QED) is 0.675. The van der Waals surface area contributed by atoms with Crippen molar-refractivity contribution in [3.63, 3.8) is 0 Å². The van der Waals surface area contributed by atoms with Crippen molar-refractivity contribution >= 4 is 5.91 Å². The van der Waals surface area contributed by atoms with Crippen LogP contribution in [0.5, 0.6) is 0 Å². The lowest BCUT2D eigenvalue weighted by molar-refractivity contribution is -0.123. The number of rotatable bonds is 4. The van der Waals surface area contributed by atoms with Crippen molar-refractivity contribution in [2.75, 3.05) is 0 Å². The highest BCUT2D eigenvalue weighted by Crippen LogP contribution is 2.35. The van der Waals surface area contributed by atoms with Crippen LogP contribution in [0.1, 0.15) is 39.0 Å². The van der Waals surface area contributed by atoms with Crippen LogP contribution in [0.3, 0.4) is 0 Å². The number of amides is 1. The summed E-state index contributed by atoms with van der Waals surface area (Å²) in [5.41, 5.74) is 5.27. The highest BCUT2D eigenvalue weighted by Gasteiger charge is 2.46. The molecule has 2 saturated carbocycles. The van der Waals surface area contributed by atoms with Crippen molar-refractivity contribution in [1.82, 2.24) is 5.32 Å². The second kappa shape index (κ2) is 2.98. The van der Waals surface area contributed by atoms with Gasteiger partial charge in [0.1, 0.15) is 0 Å². The van der Waals surface area contributed by atoms with E-state index in [0.29, 0.717) is 6.04 Å². The van der Waals surface area contributed by atoms with Gasteiger partial charge in [-0.15, -0.1) is 0 Å². The Labute approximate surface area is 79.1 Å². The number of nitrogens with two attached hydrogens (primary N) is 1. The Morgan fingerprint density at radius 2 is 2.23 bits per heavy atom. The molecule has 2 aliphatic rings. The van der Waals surface area contributed by atoms with Gasteiger partial charge in [0.05, 0.1) is 5.54 Å². The molecule has 0 bridgehead atoms. The smallest absolute Gasteiger partial charge is 0.240 e. The van der Waals surface area contributed by atoms with Crippen LogP contribution in [0.2, 0.25) is 0 Å². The summed E-state index contributed by atoms with van der Waals surface area (Å²) in [5, 5.41) is 2.99. The fraction of sp³-hybridized carbons (Fsp3) is 0.900. The molecule has 3 nitrogen and oxygen atoms in total. The Hall–Kier alpha value is -0.570. The van der Waals surface area contributed by atoms with E-state index < -0.39 is 5.54 Å².